The van der Waals surface area contributed by atoms with Crippen LogP contribution >= 0.6 is 23.2 Å². The minimum atomic E-state index is 0.262. The molecular formula is C16H25Cl2NO. The maximum absolute atomic E-state index is 6.11. The van der Waals surface area contributed by atoms with E-state index in [0.29, 0.717) is 22.0 Å². The number of hydrogen-bond acceptors (Lipinski definition) is 2. The highest BCUT2D eigenvalue weighted by Gasteiger charge is 2.19. The van der Waals surface area contributed by atoms with Crippen LogP contribution < -0.4 is 5.32 Å². The normalized spacial score (nSPS) is 14.6. The summed E-state index contributed by atoms with van der Waals surface area (Å²) in [6.45, 7) is 10.1. The van der Waals surface area contributed by atoms with Crippen LogP contribution in [0.15, 0.2) is 18.2 Å². The van der Waals surface area contributed by atoms with Gasteiger partial charge in [-0.2, -0.15) is 0 Å². The Balaban J connectivity index is 2.80. The van der Waals surface area contributed by atoms with Crippen molar-refractivity contribution in [3.63, 3.8) is 0 Å². The summed E-state index contributed by atoms with van der Waals surface area (Å²) in [7, 11) is 0. The molecule has 0 aliphatic heterocycles. The molecule has 1 rings (SSSR count). The van der Waals surface area contributed by atoms with Crippen LogP contribution in [0.4, 0.5) is 0 Å². The lowest BCUT2D eigenvalue weighted by Crippen LogP contribution is -2.40. The van der Waals surface area contributed by atoms with E-state index in [1.807, 2.05) is 25.1 Å². The third kappa shape index (κ3) is 5.25. The second-order valence-electron chi connectivity index (χ2n) is 5.31. The number of nitrogens with one attached hydrogen (secondary N) is 1. The van der Waals surface area contributed by atoms with Gasteiger partial charge in [-0.15, -0.1) is 0 Å². The molecule has 4 heteroatoms. The Labute approximate surface area is 132 Å². The second kappa shape index (κ2) is 8.89. The zero-order valence-electron chi connectivity index (χ0n) is 12.7. The summed E-state index contributed by atoms with van der Waals surface area (Å²) in [6, 6.07) is 6.43. The molecule has 0 aromatic heterocycles. The van der Waals surface area contributed by atoms with Crippen molar-refractivity contribution in [2.24, 2.45) is 5.92 Å². The van der Waals surface area contributed by atoms with E-state index in [9.17, 15) is 0 Å². The van der Waals surface area contributed by atoms with Gasteiger partial charge in [0.2, 0.25) is 0 Å². The van der Waals surface area contributed by atoms with E-state index in [-0.39, 0.29) is 6.04 Å². The van der Waals surface area contributed by atoms with Gasteiger partial charge in [-0.25, -0.2) is 0 Å². The maximum atomic E-state index is 6.11. The topological polar surface area (TPSA) is 21.3 Å². The van der Waals surface area contributed by atoms with Crippen LogP contribution in [0, 0.1) is 5.92 Å². The summed E-state index contributed by atoms with van der Waals surface area (Å²) in [5, 5.41) is 4.88. The average Bonchev–Trinajstić information content (AvgIpc) is 2.42. The van der Waals surface area contributed by atoms with Crippen LogP contribution in [0.25, 0.3) is 0 Å². The Morgan fingerprint density at radius 3 is 2.35 bits per heavy atom. The van der Waals surface area contributed by atoms with Crippen molar-refractivity contribution < 1.29 is 4.74 Å². The molecule has 20 heavy (non-hydrogen) atoms. The van der Waals surface area contributed by atoms with E-state index in [4.69, 9.17) is 27.9 Å². The Bertz CT molecular complexity index is 409. The minimum Gasteiger partial charge on any atom is -0.380 e. The van der Waals surface area contributed by atoms with Gasteiger partial charge in [-0.3, -0.25) is 0 Å². The Morgan fingerprint density at radius 1 is 1.15 bits per heavy atom. The third-order valence-electron chi connectivity index (χ3n) is 3.48. The number of ether oxygens (including phenoxy) is 1. The molecule has 1 N–H and O–H groups in total. The fourth-order valence-corrected chi connectivity index (χ4v) is 2.42. The first-order chi connectivity index (χ1) is 9.49. The van der Waals surface area contributed by atoms with Gasteiger partial charge in [-0.05, 0) is 37.0 Å². The van der Waals surface area contributed by atoms with Gasteiger partial charge in [0, 0.05) is 18.7 Å². The van der Waals surface area contributed by atoms with Crippen molar-refractivity contribution in [2.75, 3.05) is 13.2 Å². The fraction of sp³-hybridized carbons (Fsp3) is 0.625. The third-order valence-corrected chi connectivity index (χ3v) is 4.21. The van der Waals surface area contributed by atoms with Crippen LogP contribution in [0.5, 0.6) is 0 Å². The van der Waals surface area contributed by atoms with Gasteiger partial charge < -0.3 is 10.1 Å². The number of halogens is 2. The van der Waals surface area contributed by atoms with E-state index >= 15 is 0 Å². The molecular weight excluding hydrogens is 293 g/mol. The summed E-state index contributed by atoms with van der Waals surface area (Å²) in [5.41, 5.74) is 1.17. The Kier molecular flexibility index (Phi) is 7.90. The lowest BCUT2D eigenvalue weighted by atomic mass is 9.99. The van der Waals surface area contributed by atoms with E-state index in [0.717, 1.165) is 19.6 Å². The lowest BCUT2D eigenvalue weighted by Gasteiger charge is -2.28. The summed E-state index contributed by atoms with van der Waals surface area (Å²) < 4.78 is 5.57. The molecule has 0 saturated heterocycles. The Hall–Kier alpha value is -0.280. The number of hydrogen-bond donors (Lipinski definition) is 1. The highest BCUT2D eigenvalue weighted by atomic mass is 35.5. The first kappa shape index (κ1) is 17.8. The van der Waals surface area contributed by atoms with Crippen LogP contribution in [0.2, 0.25) is 10.0 Å². The average molecular weight is 318 g/mol. The second-order valence-corrected chi connectivity index (χ2v) is 6.13. The maximum Gasteiger partial charge on any atom is 0.0622 e. The van der Waals surface area contributed by atoms with Crippen LogP contribution in [0.1, 0.15) is 45.7 Å². The van der Waals surface area contributed by atoms with E-state index in [2.05, 4.69) is 26.1 Å². The van der Waals surface area contributed by atoms with Gasteiger partial charge >= 0.3 is 0 Å². The molecule has 114 valence electrons. The molecule has 1 aromatic carbocycles. The van der Waals surface area contributed by atoms with Crippen molar-refractivity contribution in [3.05, 3.63) is 33.8 Å². The highest BCUT2D eigenvalue weighted by Crippen LogP contribution is 2.27. The SMILES string of the molecule is CCOCC(NC(CC)c1ccc(Cl)c(Cl)c1)C(C)C. The zero-order chi connectivity index (χ0) is 15.1. The first-order valence-corrected chi connectivity index (χ1v) is 8.03. The van der Waals surface area contributed by atoms with Crippen LogP contribution in [-0.2, 0) is 4.74 Å². The summed E-state index contributed by atoms with van der Waals surface area (Å²) in [5.74, 6) is 0.512. The van der Waals surface area contributed by atoms with Gasteiger partial charge in [0.05, 0.1) is 16.7 Å². The van der Waals surface area contributed by atoms with Crippen molar-refractivity contribution in [2.45, 2.75) is 46.2 Å². The summed E-state index contributed by atoms with van der Waals surface area (Å²) in [4.78, 5) is 0. The molecule has 0 saturated carbocycles. The van der Waals surface area contributed by atoms with Gasteiger partial charge in [-0.1, -0.05) is 50.0 Å². The fourth-order valence-electron chi connectivity index (χ4n) is 2.12. The molecule has 0 radical (unpaired) electrons. The molecule has 0 amide bonds. The number of rotatable bonds is 8. The molecule has 2 nitrogen and oxygen atoms in total. The van der Waals surface area contributed by atoms with Crippen LogP contribution in [-0.4, -0.2) is 19.3 Å². The number of benzene rings is 1. The van der Waals surface area contributed by atoms with Gasteiger partial charge in [0.25, 0.3) is 0 Å². The first-order valence-electron chi connectivity index (χ1n) is 7.28. The predicted octanol–water partition coefficient (Wildman–Crippen LogP) is 5.10. The van der Waals surface area contributed by atoms with Gasteiger partial charge in [0.1, 0.15) is 0 Å². The van der Waals surface area contributed by atoms with Crippen molar-refractivity contribution in [1.29, 1.82) is 0 Å². The zero-order valence-corrected chi connectivity index (χ0v) is 14.3. The van der Waals surface area contributed by atoms with Crippen molar-refractivity contribution in [3.8, 4) is 0 Å². The largest absolute Gasteiger partial charge is 0.380 e. The van der Waals surface area contributed by atoms with E-state index in [1.54, 1.807) is 0 Å². The van der Waals surface area contributed by atoms with E-state index < -0.39 is 0 Å². The molecule has 1 aromatic rings. The molecule has 0 fully saturated rings. The Morgan fingerprint density at radius 2 is 1.85 bits per heavy atom. The predicted molar refractivity (Wildman–Crippen MR) is 87.7 cm³/mol. The van der Waals surface area contributed by atoms with Crippen molar-refractivity contribution >= 4 is 23.2 Å². The lowest BCUT2D eigenvalue weighted by molar-refractivity contribution is 0.103. The summed E-state index contributed by atoms with van der Waals surface area (Å²) >= 11 is 12.1. The minimum absolute atomic E-state index is 0.262. The monoisotopic (exact) mass is 317 g/mol. The molecule has 0 heterocycles. The molecule has 0 bridgehead atoms. The molecule has 2 unspecified atom stereocenters. The van der Waals surface area contributed by atoms with E-state index in [1.165, 1.54) is 5.56 Å². The molecule has 0 aliphatic carbocycles. The molecule has 0 aliphatic rings. The smallest absolute Gasteiger partial charge is 0.0622 e. The standard InChI is InChI=1S/C16H25Cl2NO/c1-5-15(12-7-8-13(17)14(18)9-12)19-16(11(3)4)10-20-6-2/h7-9,11,15-16,19H,5-6,10H2,1-4H3. The van der Waals surface area contributed by atoms with Gasteiger partial charge in [0.15, 0.2) is 0 Å². The quantitative estimate of drug-likeness (QED) is 0.720. The molecule has 0 spiro atoms. The summed E-state index contributed by atoms with van der Waals surface area (Å²) in [6.07, 6.45) is 0.993. The van der Waals surface area contributed by atoms with Crippen LogP contribution in [0.3, 0.4) is 0 Å². The highest BCUT2D eigenvalue weighted by molar-refractivity contribution is 6.42. The van der Waals surface area contributed by atoms with Crippen molar-refractivity contribution in [1.82, 2.24) is 5.32 Å². The molecule has 2 atom stereocenters.